The van der Waals surface area contributed by atoms with Crippen molar-refractivity contribution in [2.75, 3.05) is 13.2 Å². The SMILES string of the molecule is CC/C=C\C/C=C\C/C=C\CCCCCCC(=O)OCC(COC(=O)CCCCCCC\C=C/C=C\C=C/CCCCCCC)OC(=O)CCCCCCCCC/C=C\CCCCCC. The van der Waals surface area contributed by atoms with Gasteiger partial charge in [-0.25, -0.2) is 0 Å². The van der Waals surface area contributed by atoms with Crippen LogP contribution < -0.4 is 0 Å². The molecule has 0 radical (unpaired) electrons. The van der Waals surface area contributed by atoms with E-state index in [1.54, 1.807) is 0 Å². The van der Waals surface area contributed by atoms with Gasteiger partial charge in [0.25, 0.3) is 0 Å². The quantitative estimate of drug-likeness (QED) is 0.0199. The fraction of sp³-hybridized carbons (Fsp3) is 0.712. The number of allylic oxidation sites excluding steroid dienone is 14. The lowest BCUT2D eigenvalue weighted by molar-refractivity contribution is -0.167. The summed E-state index contributed by atoms with van der Waals surface area (Å²) in [5.41, 5.74) is 0. The summed E-state index contributed by atoms with van der Waals surface area (Å²) in [6.45, 7) is 6.46. The molecule has 0 N–H and O–H groups in total. The van der Waals surface area contributed by atoms with E-state index < -0.39 is 6.10 Å². The van der Waals surface area contributed by atoms with Crippen LogP contribution >= 0.6 is 0 Å². The summed E-state index contributed by atoms with van der Waals surface area (Å²) in [6, 6.07) is 0. The monoisotopic (exact) mass is 905 g/mol. The van der Waals surface area contributed by atoms with Crippen molar-refractivity contribution in [1.29, 1.82) is 0 Å². The maximum absolute atomic E-state index is 12.8. The van der Waals surface area contributed by atoms with Crippen LogP contribution in [0.2, 0.25) is 0 Å². The lowest BCUT2D eigenvalue weighted by atomic mass is 10.1. The molecule has 6 nitrogen and oxygen atoms in total. The van der Waals surface area contributed by atoms with Crippen molar-refractivity contribution in [2.24, 2.45) is 0 Å². The molecule has 0 aromatic heterocycles. The summed E-state index contributed by atoms with van der Waals surface area (Å²) in [7, 11) is 0. The van der Waals surface area contributed by atoms with Gasteiger partial charge in [-0.05, 0) is 103 Å². The second-order valence-corrected chi connectivity index (χ2v) is 17.8. The van der Waals surface area contributed by atoms with Crippen molar-refractivity contribution in [3.05, 3.63) is 85.1 Å². The first-order valence-electron chi connectivity index (χ1n) is 27.1. The third-order valence-electron chi connectivity index (χ3n) is 11.4. The van der Waals surface area contributed by atoms with E-state index in [2.05, 4.69) is 106 Å². The summed E-state index contributed by atoms with van der Waals surface area (Å²) in [5.74, 6) is -0.939. The highest BCUT2D eigenvalue weighted by atomic mass is 16.6. The molecule has 0 aliphatic rings. The van der Waals surface area contributed by atoms with Crippen molar-refractivity contribution in [2.45, 2.75) is 258 Å². The highest BCUT2D eigenvalue weighted by Crippen LogP contribution is 2.14. The molecule has 0 saturated heterocycles. The third-order valence-corrected chi connectivity index (χ3v) is 11.4. The van der Waals surface area contributed by atoms with Crippen molar-refractivity contribution in [3.8, 4) is 0 Å². The van der Waals surface area contributed by atoms with E-state index in [1.165, 1.54) is 96.3 Å². The van der Waals surface area contributed by atoms with Crippen LogP contribution in [0.3, 0.4) is 0 Å². The lowest BCUT2D eigenvalue weighted by Gasteiger charge is -2.18. The zero-order chi connectivity index (χ0) is 47.2. The molecule has 1 atom stereocenters. The molecule has 1 unspecified atom stereocenters. The van der Waals surface area contributed by atoms with Gasteiger partial charge in [-0.1, -0.05) is 215 Å². The number of rotatable bonds is 48. The number of carbonyl (C=O) groups is 3. The molecule has 0 aromatic carbocycles. The average molecular weight is 905 g/mol. The first-order valence-corrected chi connectivity index (χ1v) is 27.1. The van der Waals surface area contributed by atoms with Crippen LogP contribution in [0.15, 0.2) is 85.1 Å². The van der Waals surface area contributed by atoms with Gasteiger partial charge in [-0.2, -0.15) is 0 Å². The number of ether oxygens (including phenoxy) is 3. The van der Waals surface area contributed by atoms with E-state index in [-0.39, 0.29) is 31.1 Å². The molecule has 0 rings (SSSR count). The van der Waals surface area contributed by atoms with Gasteiger partial charge in [0.15, 0.2) is 6.10 Å². The number of carbonyl (C=O) groups excluding carboxylic acids is 3. The molecular formula is C59H100O6. The van der Waals surface area contributed by atoms with E-state index in [0.29, 0.717) is 19.3 Å². The molecule has 0 aliphatic heterocycles. The Morgan fingerprint density at radius 3 is 1.09 bits per heavy atom. The molecule has 0 amide bonds. The fourth-order valence-corrected chi connectivity index (χ4v) is 7.33. The third kappa shape index (κ3) is 51.4. The van der Waals surface area contributed by atoms with E-state index in [1.807, 2.05) is 0 Å². The van der Waals surface area contributed by atoms with E-state index >= 15 is 0 Å². The Balaban J connectivity index is 4.46. The predicted molar refractivity (Wildman–Crippen MR) is 279 cm³/mol. The summed E-state index contributed by atoms with van der Waals surface area (Å²) in [6.07, 6.45) is 68.5. The molecule has 0 heterocycles. The molecule has 0 spiro atoms. The van der Waals surface area contributed by atoms with E-state index in [4.69, 9.17) is 14.2 Å². The van der Waals surface area contributed by atoms with Gasteiger partial charge in [-0.15, -0.1) is 0 Å². The Bertz CT molecular complexity index is 1270. The minimum Gasteiger partial charge on any atom is -0.462 e. The van der Waals surface area contributed by atoms with Crippen LogP contribution in [0, 0.1) is 0 Å². The second-order valence-electron chi connectivity index (χ2n) is 17.8. The smallest absolute Gasteiger partial charge is 0.306 e. The second kappa shape index (κ2) is 53.2. The Kier molecular flexibility index (Phi) is 50.4. The lowest BCUT2D eigenvalue weighted by Crippen LogP contribution is -2.30. The Morgan fingerprint density at radius 1 is 0.338 bits per heavy atom. The molecule has 0 bridgehead atoms. The largest absolute Gasteiger partial charge is 0.462 e. The predicted octanol–water partition coefficient (Wildman–Crippen LogP) is 18.0. The summed E-state index contributed by atoms with van der Waals surface area (Å²) >= 11 is 0. The van der Waals surface area contributed by atoms with Crippen LogP contribution in [0.4, 0.5) is 0 Å². The Morgan fingerprint density at radius 2 is 0.662 bits per heavy atom. The number of hydrogen-bond donors (Lipinski definition) is 0. The van der Waals surface area contributed by atoms with Gasteiger partial charge in [0.2, 0.25) is 0 Å². The topological polar surface area (TPSA) is 78.9 Å². The van der Waals surface area contributed by atoms with Gasteiger partial charge in [-0.3, -0.25) is 14.4 Å². The maximum Gasteiger partial charge on any atom is 0.306 e. The first kappa shape index (κ1) is 61.6. The van der Waals surface area contributed by atoms with E-state index in [9.17, 15) is 14.4 Å². The summed E-state index contributed by atoms with van der Waals surface area (Å²) in [4.78, 5) is 38.1. The zero-order valence-electron chi connectivity index (χ0n) is 42.5. The Hall–Kier alpha value is -3.41. The fourth-order valence-electron chi connectivity index (χ4n) is 7.33. The molecular weight excluding hydrogens is 805 g/mol. The summed E-state index contributed by atoms with van der Waals surface area (Å²) < 4.78 is 16.8. The van der Waals surface area contributed by atoms with Crippen LogP contribution in [-0.4, -0.2) is 37.2 Å². The van der Waals surface area contributed by atoms with Crippen LogP contribution in [0.1, 0.15) is 252 Å². The number of esters is 3. The van der Waals surface area contributed by atoms with Crippen molar-refractivity contribution in [1.82, 2.24) is 0 Å². The minimum absolute atomic E-state index is 0.0965. The number of unbranched alkanes of at least 4 members (excludes halogenated alkanes) is 25. The zero-order valence-corrected chi connectivity index (χ0v) is 42.5. The van der Waals surface area contributed by atoms with E-state index in [0.717, 1.165) is 116 Å². The highest BCUT2D eigenvalue weighted by Gasteiger charge is 2.19. The van der Waals surface area contributed by atoms with Gasteiger partial charge < -0.3 is 14.2 Å². The molecule has 65 heavy (non-hydrogen) atoms. The van der Waals surface area contributed by atoms with Crippen molar-refractivity contribution in [3.63, 3.8) is 0 Å². The van der Waals surface area contributed by atoms with Gasteiger partial charge in [0.1, 0.15) is 13.2 Å². The molecule has 0 aliphatic carbocycles. The average Bonchev–Trinajstić information content (AvgIpc) is 3.30. The van der Waals surface area contributed by atoms with Crippen LogP contribution in [0.5, 0.6) is 0 Å². The number of hydrogen-bond acceptors (Lipinski definition) is 6. The summed E-state index contributed by atoms with van der Waals surface area (Å²) in [5, 5.41) is 0. The van der Waals surface area contributed by atoms with Crippen molar-refractivity contribution >= 4 is 17.9 Å². The van der Waals surface area contributed by atoms with Gasteiger partial charge in [0, 0.05) is 19.3 Å². The van der Waals surface area contributed by atoms with Crippen LogP contribution in [0.25, 0.3) is 0 Å². The first-order chi connectivity index (χ1) is 32.0. The molecule has 0 aromatic rings. The molecule has 6 heteroatoms. The normalized spacial score (nSPS) is 12.7. The molecule has 0 fully saturated rings. The minimum atomic E-state index is -0.797. The Labute approximate surface area is 401 Å². The van der Waals surface area contributed by atoms with Gasteiger partial charge in [0.05, 0.1) is 0 Å². The molecule has 0 saturated carbocycles. The standard InChI is InChI=1S/C59H100O6/c1-4-7-10-13-16-19-22-25-28-29-30-32-34-37-40-43-46-49-52-58(61)64-55-56(54-63-57(60)51-48-45-42-39-36-33-27-24-21-18-15-12-9-6-3)65-59(62)53-50-47-44-41-38-35-31-26-23-20-17-14-11-8-5-2/h9,12,18,20-23,25,27-30,32-33,56H,4-8,10-11,13-17,19,24,26,31,34-55H2,1-3H3/b12-9-,21-18-,23-20-,25-22-,29-28-,32-30-,33-27-. The van der Waals surface area contributed by atoms with Crippen LogP contribution in [-0.2, 0) is 28.6 Å². The van der Waals surface area contributed by atoms with Crippen molar-refractivity contribution < 1.29 is 28.6 Å². The highest BCUT2D eigenvalue weighted by molar-refractivity contribution is 5.71. The maximum atomic E-state index is 12.8. The van der Waals surface area contributed by atoms with Gasteiger partial charge >= 0.3 is 17.9 Å². The molecule has 372 valence electrons.